The number of halogens is 2. The third-order valence-electron chi connectivity index (χ3n) is 4.63. The zero-order valence-corrected chi connectivity index (χ0v) is 17.3. The molecule has 3 amide bonds. The van der Waals surface area contributed by atoms with Crippen LogP contribution >= 0.6 is 27.5 Å². The molecule has 0 aromatic heterocycles. The van der Waals surface area contributed by atoms with Crippen LogP contribution in [0.1, 0.15) is 33.6 Å². The van der Waals surface area contributed by atoms with Crippen LogP contribution in [-0.2, 0) is 4.79 Å². The van der Waals surface area contributed by atoms with Gasteiger partial charge in [0.25, 0.3) is 11.8 Å². The molecule has 3 rings (SSSR count). The molecule has 28 heavy (non-hydrogen) atoms. The summed E-state index contributed by atoms with van der Waals surface area (Å²) in [6.45, 7) is 0.991. The van der Waals surface area contributed by atoms with E-state index in [2.05, 4.69) is 26.8 Å². The molecule has 2 N–H and O–H groups in total. The molecule has 146 valence electrons. The zero-order chi connectivity index (χ0) is 20.1. The van der Waals surface area contributed by atoms with Crippen LogP contribution in [0.4, 0.5) is 0 Å². The van der Waals surface area contributed by atoms with E-state index in [-0.39, 0.29) is 17.7 Å². The summed E-state index contributed by atoms with van der Waals surface area (Å²) in [5, 5.41) is 0.446. The molecule has 1 aliphatic rings. The van der Waals surface area contributed by atoms with Gasteiger partial charge in [0, 0.05) is 39.6 Å². The molecule has 2 aromatic carbocycles. The van der Waals surface area contributed by atoms with Crippen molar-refractivity contribution in [3.63, 3.8) is 0 Å². The smallest absolute Gasteiger partial charge is 0.269 e. The standard InChI is InChI=1S/C20H19BrClN3O3/c21-16-6-4-14(5-7-16)20(28)25-10-8-13(9-11-25)18(26)23-24-19(27)15-2-1-3-17(22)12-15/h1-7,12-13H,8-11H2,(H,23,26)(H,24,27). The van der Waals surface area contributed by atoms with Gasteiger partial charge in [-0.2, -0.15) is 0 Å². The van der Waals surface area contributed by atoms with Crippen LogP contribution in [0.5, 0.6) is 0 Å². The highest BCUT2D eigenvalue weighted by molar-refractivity contribution is 9.10. The van der Waals surface area contributed by atoms with Crippen LogP contribution in [0.25, 0.3) is 0 Å². The van der Waals surface area contributed by atoms with Crippen molar-refractivity contribution in [1.29, 1.82) is 0 Å². The Balaban J connectivity index is 1.47. The quantitative estimate of drug-likeness (QED) is 0.683. The van der Waals surface area contributed by atoms with Crippen molar-refractivity contribution in [3.05, 3.63) is 69.2 Å². The third-order valence-corrected chi connectivity index (χ3v) is 5.39. The Hall–Kier alpha value is -2.38. The second-order valence-corrected chi connectivity index (χ2v) is 7.88. The van der Waals surface area contributed by atoms with Crippen molar-refractivity contribution in [2.75, 3.05) is 13.1 Å². The Morgan fingerprint density at radius 3 is 2.29 bits per heavy atom. The highest BCUT2D eigenvalue weighted by Gasteiger charge is 2.28. The van der Waals surface area contributed by atoms with Crippen LogP contribution in [0, 0.1) is 5.92 Å². The molecule has 0 spiro atoms. The van der Waals surface area contributed by atoms with Crippen LogP contribution < -0.4 is 10.9 Å². The predicted octanol–water partition coefficient (Wildman–Crippen LogP) is 3.42. The fraction of sp³-hybridized carbons (Fsp3) is 0.250. The molecule has 2 aromatic rings. The molecule has 1 fully saturated rings. The van der Waals surface area contributed by atoms with Gasteiger partial charge in [-0.3, -0.25) is 25.2 Å². The number of amides is 3. The summed E-state index contributed by atoms with van der Waals surface area (Å²) in [5.74, 6) is -0.987. The third kappa shape index (κ3) is 5.11. The van der Waals surface area contributed by atoms with E-state index in [1.165, 1.54) is 6.07 Å². The molecule has 0 bridgehead atoms. The molecular weight excluding hydrogens is 446 g/mol. The minimum Gasteiger partial charge on any atom is -0.339 e. The Morgan fingerprint density at radius 2 is 1.64 bits per heavy atom. The number of likely N-dealkylation sites (tertiary alicyclic amines) is 1. The Labute approximate surface area is 176 Å². The zero-order valence-electron chi connectivity index (χ0n) is 15.0. The van der Waals surface area contributed by atoms with E-state index in [4.69, 9.17) is 11.6 Å². The Morgan fingerprint density at radius 1 is 0.964 bits per heavy atom. The molecule has 0 unspecified atom stereocenters. The minimum atomic E-state index is -0.432. The predicted molar refractivity (Wildman–Crippen MR) is 110 cm³/mol. The second-order valence-electron chi connectivity index (χ2n) is 6.53. The average Bonchev–Trinajstić information content (AvgIpc) is 2.72. The van der Waals surface area contributed by atoms with E-state index in [1.54, 1.807) is 35.2 Å². The molecule has 8 heteroatoms. The molecule has 1 heterocycles. The van der Waals surface area contributed by atoms with Crippen LogP contribution in [0.15, 0.2) is 53.0 Å². The summed E-state index contributed by atoms with van der Waals surface area (Å²) in [6, 6.07) is 13.7. The molecule has 6 nitrogen and oxygen atoms in total. The summed E-state index contributed by atoms with van der Waals surface area (Å²) in [7, 11) is 0. The van der Waals surface area contributed by atoms with Gasteiger partial charge in [0.2, 0.25) is 5.91 Å². The number of nitrogens with one attached hydrogen (secondary N) is 2. The number of hydrogen-bond acceptors (Lipinski definition) is 3. The Kier molecular flexibility index (Phi) is 6.70. The molecular formula is C20H19BrClN3O3. The largest absolute Gasteiger partial charge is 0.339 e. The van der Waals surface area contributed by atoms with Crippen molar-refractivity contribution in [1.82, 2.24) is 15.8 Å². The van der Waals surface area contributed by atoms with Gasteiger partial charge >= 0.3 is 0 Å². The molecule has 1 aliphatic heterocycles. The first-order valence-electron chi connectivity index (χ1n) is 8.84. The fourth-order valence-electron chi connectivity index (χ4n) is 3.04. The van der Waals surface area contributed by atoms with Gasteiger partial charge < -0.3 is 4.90 Å². The monoisotopic (exact) mass is 463 g/mol. The average molecular weight is 465 g/mol. The van der Waals surface area contributed by atoms with Gasteiger partial charge in [-0.15, -0.1) is 0 Å². The molecule has 0 aliphatic carbocycles. The van der Waals surface area contributed by atoms with Crippen molar-refractivity contribution in [2.24, 2.45) is 5.92 Å². The van der Waals surface area contributed by atoms with Gasteiger partial charge in [0.05, 0.1) is 0 Å². The molecule has 0 atom stereocenters. The second kappa shape index (κ2) is 9.21. The fourth-order valence-corrected chi connectivity index (χ4v) is 3.50. The summed E-state index contributed by atoms with van der Waals surface area (Å²) in [6.07, 6.45) is 1.09. The van der Waals surface area contributed by atoms with Crippen molar-refractivity contribution < 1.29 is 14.4 Å². The number of hydrazine groups is 1. The summed E-state index contributed by atoms with van der Waals surface area (Å²) < 4.78 is 0.916. The lowest BCUT2D eigenvalue weighted by Gasteiger charge is -2.31. The molecule has 0 radical (unpaired) electrons. The summed E-state index contributed by atoms with van der Waals surface area (Å²) in [4.78, 5) is 38.7. The van der Waals surface area contributed by atoms with Gasteiger partial charge in [0.15, 0.2) is 0 Å². The maximum Gasteiger partial charge on any atom is 0.269 e. The van der Waals surface area contributed by atoms with Gasteiger partial charge in [-0.1, -0.05) is 33.6 Å². The number of benzene rings is 2. The summed E-state index contributed by atoms with van der Waals surface area (Å²) >= 11 is 9.21. The Bertz CT molecular complexity index is 881. The number of carbonyl (C=O) groups is 3. The van der Waals surface area contributed by atoms with E-state index in [9.17, 15) is 14.4 Å². The molecule has 1 saturated heterocycles. The molecule has 0 saturated carbocycles. The van der Waals surface area contributed by atoms with E-state index < -0.39 is 5.91 Å². The van der Waals surface area contributed by atoms with Crippen molar-refractivity contribution in [2.45, 2.75) is 12.8 Å². The van der Waals surface area contributed by atoms with E-state index >= 15 is 0 Å². The number of nitrogens with zero attached hydrogens (tertiary/aromatic N) is 1. The van der Waals surface area contributed by atoms with E-state index in [1.807, 2.05) is 12.1 Å². The topological polar surface area (TPSA) is 78.5 Å². The van der Waals surface area contributed by atoms with Gasteiger partial charge in [-0.25, -0.2) is 0 Å². The van der Waals surface area contributed by atoms with Crippen LogP contribution in [0.2, 0.25) is 5.02 Å². The number of hydrogen-bond donors (Lipinski definition) is 2. The number of carbonyl (C=O) groups excluding carboxylic acids is 3. The van der Waals surface area contributed by atoms with Gasteiger partial charge in [0.1, 0.15) is 0 Å². The van der Waals surface area contributed by atoms with Crippen LogP contribution in [0.3, 0.4) is 0 Å². The van der Waals surface area contributed by atoms with E-state index in [0.29, 0.717) is 42.1 Å². The SMILES string of the molecule is O=C(NNC(=O)C1CCN(C(=O)c2ccc(Br)cc2)CC1)c1cccc(Cl)c1. The lowest BCUT2D eigenvalue weighted by molar-refractivity contribution is -0.127. The maximum absolute atomic E-state index is 12.5. The maximum atomic E-state index is 12.5. The van der Waals surface area contributed by atoms with Crippen molar-refractivity contribution in [3.8, 4) is 0 Å². The highest BCUT2D eigenvalue weighted by Crippen LogP contribution is 2.20. The van der Waals surface area contributed by atoms with E-state index in [0.717, 1.165) is 4.47 Å². The normalized spacial score (nSPS) is 14.4. The minimum absolute atomic E-state index is 0.0411. The first-order chi connectivity index (χ1) is 13.4. The lowest BCUT2D eigenvalue weighted by atomic mass is 9.95. The number of rotatable bonds is 3. The lowest BCUT2D eigenvalue weighted by Crippen LogP contribution is -2.48. The first kappa shape index (κ1) is 20.4. The van der Waals surface area contributed by atoms with Gasteiger partial charge in [-0.05, 0) is 55.3 Å². The summed E-state index contributed by atoms with van der Waals surface area (Å²) in [5.41, 5.74) is 5.86. The highest BCUT2D eigenvalue weighted by atomic mass is 79.9. The van der Waals surface area contributed by atoms with Crippen molar-refractivity contribution >= 4 is 45.3 Å². The number of piperidine rings is 1. The van der Waals surface area contributed by atoms with Crippen LogP contribution in [-0.4, -0.2) is 35.7 Å². The first-order valence-corrected chi connectivity index (χ1v) is 10.0.